The molecule has 2 saturated heterocycles. The largest absolute Gasteiger partial charge is 0.484 e. The highest BCUT2D eigenvalue weighted by Crippen LogP contribution is 2.16. The van der Waals surface area contributed by atoms with E-state index in [-0.39, 0.29) is 30.6 Å². The maximum atomic E-state index is 12.3. The lowest BCUT2D eigenvalue weighted by atomic mass is 10.0. The molecule has 2 aliphatic heterocycles. The van der Waals surface area contributed by atoms with Crippen molar-refractivity contribution >= 4 is 11.8 Å². The van der Waals surface area contributed by atoms with Crippen molar-refractivity contribution in [2.24, 2.45) is 0 Å². The number of ether oxygens (including phenoxy) is 2. The number of hydrogen-bond acceptors (Lipinski definition) is 4. The zero-order valence-electron chi connectivity index (χ0n) is 14.7. The predicted molar refractivity (Wildman–Crippen MR) is 93.4 cm³/mol. The molecule has 3 rings (SSSR count). The molecule has 1 aromatic carbocycles. The van der Waals surface area contributed by atoms with Gasteiger partial charge in [-0.25, -0.2) is 0 Å². The van der Waals surface area contributed by atoms with Gasteiger partial charge in [0.15, 0.2) is 6.61 Å². The lowest BCUT2D eigenvalue weighted by Crippen LogP contribution is -2.49. The van der Waals surface area contributed by atoms with Gasteiger partial charge in [-0.15, -0.1) is 0 Å². The van der Waals surface area contributed by atoms with Crippen LogP contribution in [0.25, 0.3) is 0 Å². The fourth-order valence-electron chi connectivity index (χ4n) is 3.22. The van der Waals surface area contributed by atoms with E-state index < -0.39 is 0 Å². The van der Waals surface area contributed by atoms with Crippen LogP contribution in [0.3, 0.4) is 0 Å². The second-order valence-corrected chi connectivity index (χ2v) is 6.77. The number of nitrogens with zero attached hydrogens (tertiary/aromatic N) is 1. The molecule has 2 fully saturated rings. The summed E-state index contributed by atoms with van der Waals surface area (Å²) in [5.41, 5.74) is 1.16. The summed E-state index contributed by atoms with van der Waals surface area (Å²) in [6.45, 7) is 4.03. The fourth-order valence-corrected chi connectivity index (χ4v) is 3.22. The Hall–Kier alpha value is -2.08. The summed E-state index contributed by atoms with van der Waals surface area (Å²) in [5.74, 6) is 0.687. The minimum absolute atomic E-state index is 0.00928. The third kappa shape index (κ3) is 4.95. The van der Waals surface area contributed by atoms with Gasteiger partial charge in [-0.3, -0.25) is 9.59 Å². The first-order valence-corrected chi connectivity index (χ1v) is 9.01. The molecule has 0 aromatic heterocycles. The summed E-state index contributed by atoms with van der Waals surface area (Å²) < 4.78 is 11.0. The van der Waals surface area contributed by atoms with Crippen LogP contribution in [0, 0.1) is 6.92 Å². The Morgan fingerprint density at radius 3 is 2.56 bits per heavy atom. The molecule has 1 unspecified atom stereocenters. The summed E-state index contributed by atoms with van der Waals surface area (Å²) in [4.78, 5) is 26.2. The van der Waals surface area contributed by atoms with E-state index >= 15 is 0 Å². The average Bonchev–Trinajstić information content (AvgIpc) is 3.16. The number of rotatable bonds is 5. The van der Waals surface area contributed by atoms with Gasteiger partial charge in [0.25, 0.3) is 5.91 Å². The van der Waals surface area contributed by atoms with Gasteiger partial charge >= 0.3 is 0 Å². The Labute approximate surface area is 148 Å². The van der Waals surface area contributed by atoms with Crippen LogP contribution in [-0.4, -0.2) is 55.2 Å². The first-order chi connectivity index (χ1) is 12.1. The Morgan fingerprint density at radius 1 is 1.20 bits per heavy atom. The van der Waals surface area contributed by atoms with Crippen LogP contribution >= 0.6 is 0 Å². The molecular weight excluding hydrogens is 320 g/mol. The molecule has 0 radical (unpaired) electrons. The number of piperidine rings is 1. The highest BCUT2D eigenvalue weighted by Gasteiger charge is 2.28. The molecule has 0 spiro atoms. The maximum Gasteiger partial charge on any atom is 0.260 e. The van der Waals surface area contributed by atoms with E-state index in [2.05, 4.69) is 5.32 Å². The molecule has 0 aliphatic carbocycles. The van der Waals surface area contributed by atoms with E-state index in [0.717, 1.165) is 31.2 Å². The summed E-state index contributed by atoms with van der Waals surface area (Å²) in [6.07, 6.45) is 3.01. The maximum absolute atomic E-state index is 12.3. The highest BCUT2D eigenvalue weighted by atomic mass is 16.5. The van der Waals surface area contributed by atoms with Crippen molar-refractivity contribution in [3.63, 3.8) is 0 Å². The monoisotopic (exact) mass is 346 g/mol. The van der Waals surface area contributed by atoms with Gasteiger partial charge < -0.3 is 19.7 Å². The number of carbonyl (C=O) groups excluding carboxylic acids is 2. The second kappa shape index (κ2) is 8.34. The van der Waals surface area contributed by atoms with Crippen molar-refractivity contribution in [3.05, 3.63) is 29.8 Å². The molecule has 25 heavy (non-hydrogen) atoms. The van der Waals surface area contributed by atoms with Crippen molar-refractivity contribution in [3.8, 4) is 5.75 Å². The van der Waals surface area contributed by atoms with Crippen molar-refractivity contribution in [1.82, 2.24) is 10.2 Å². The number of aryl methyl sites for hydroxylation is 1. The number of benzene rings is 1. The molecule has 0 bridgehead atoms. The van der Waals surface area contributed by atoms with Crippen LogP contribution in [-0.2, 0) is 14.3 Å². The number of carbonyl (C=O) groups is 2. The molecule has 6 heteroatoms. The van der Waals surface area contributed by atoms with Crippen LogP contribution in [0.1, 0.15) is 31.2 Å². The zero-order chi connectivity index (χ0) is 17.6. The van der Waals surface area contributed by atoms with Crippen LogP contribution in [0.2, 0.25) is 0 Å². The van der Waals surface area contributed by atoms with E-state index in [9.17, 15) is 9.59 Å². The first-order valence-electron chi connectivity index (χ1n) is 9.01. The average molecular weight is 346 g/mol. The van der Waals surface area contributed by atoms with Crippen LogP contribution in [0.4, 0.5) is 0 Å². The standard InChI is InChI=1S/C19H26N2O4/c1-14-4-6-16(7-5-14)25-13-18(22)21-10-8-15(9-11-21)20-19(23)17-3-2-12-24-17/h4-7,15,17H,2-3,8-13H2,1H3,(H,20,23). The SMILES string of the molecule is Cc1ccc(OCC(=O)N2CCC(NC(=O)C3CCCO3)CC2)cc1. The first kappa shape index (κ1) is 17.7. The van der Waals surface area contributed by atoms with E-state index in [0.29, 0.717) is 25.4 Å². The normalized spacial score (nSPS) is 21.2. The molecule has 1 atom stereocenters. The van der Waals surface area contributed by atoms with Crippen molar-refractivity contribution < 1.29 is 19.1 Å². The molecule has 1 N–H and O–H groups in total. The summed E-state index contributed by atoms with van der Waals surface area (Å²) >= 11 is 0. The Balaban J connectivity index is 1.38. The van der Waals surface area contributed by atoms with E-state index in [1.165, 1.54) is 0 Å². The number of likely N-dealkylation sites (tertiary alicyclic amines) is 1. The van der Waals surface area contributed by atoms with E-state index in [1.54, 1.807) is 0 Å². The molecule has 2 aliphatic rings. The molecule has 6 nitrogen and oxygen atoms in total. The topological polar surface area (TPSA) is 67.9 Å². The molecule has 1 aromatic rings. The number of hydrogen-bond donors (Lipinski definition) is 1. The highest BCUT2D eigenvalue weighted by molar-refractivity contribution is 5.81. The predicted octanol–water partition coefficient (Wildman–Crippen LogP) is 1.66. The van der Waals surface area contributed by atoms with Gasteiger partial charge in [0.1, 0.15) is 11.9 Å². The quantitative estimate of drug-likeness (QED) is 0.880. The molecule has 0 saturated carbocycles. The minimum Gasteiger partial charge on any atom is -0.484 e. The van der Waals surface area contributed by atoms with Crippen LogP contribution < -0.4 is 10.1 Å². The van der Waals surface area contributed by atoms with Gasteiger partial charge in [0, 0.05) is 25.7 Å². The van der Waals surface area contributed by atoms with Gasteiger partial charge in [-0.2, -0.15) is 0 Å². The number of nitrogens with one attached hydrogen (secondary N) is 1. The van der Waals surface area contributed by atoms with Gasteiger partial charge in [0.2, 0.25) is 5.91 Å². The van der Waals surface area contributed by atoms with Crippen molar-refractivity contribution in [1.29, 1.82) is 0 Å². The second-order valence-electron chi connectivity index (χ2n) is 6.77. The van der Waals surface area contributed by atoms with E-state index in [4.69, 9.17) is 9.47 Å². The summed E-state index contributed by atoms with van der Waals surface area (Å²) in [7, 11) is 0. The van der Waals surface area contributed by atoms with Crippen molar-refractivity contribution in [2.75, 3.05) is 26.3 Å². The van der Waals surface area contributed by atoms with E-state index in [1.807, 2.05) is 36.1 Å². The van der Waals surface area contributed by atoms with Gasteiger partial charge in [-0.05, 0) is 44.7 Å². The van der Waals surface area contributed by atoms with Crippen LogP contribution in [0.15, 0.2) is 24.3 Å². The van der Waals surface area contributed by atoms with Gasteiger partial charge in [0.05, 0.1) is 0 Å². The van der Waals surface area contributed by atoms with Crippen LogP contribution in [0.5, 0.6) is 5.75 Å². The minimum atomic E-state index is -0.289. The number of amides is 2. The third-order valence-corrected chi connectivity index (χ3v) is 4.80. The summed E-state index contributed by atoms with van der Waals surface area (Å²) in [6, 6.07) is 7.79. The molecule has 136 valence electrons. The Morgan fingerprint density at radius 2 is 1.92 bits per heavy atom. The van der Waals surface area contributed by atoms with Crippen molar-refractivity contribution in [2.45, 2.75) is 44.8 Å². The molecular formula is C19H26N2O4. The molecule has 2 amide bonds. The van der Waals surface area contributed by atoms with Gasteiger partial charge in [-0.1, -0.05) is 17.7 Å². The zero-order valence-corrected chi connectivity index (χ0v) is 14.7. The Kier molecular flexibility index (Phi) is 5.91. The fraction of sp³-hybridized carbons (Fsp3) is 0.579. The lowest BCUT2D eigenvalue weighted by Gasteiger charge is -2.32. The lowest BCUT2D eigenvalue weighted by molar-refractivity contribution is -0.135. The molecule has 2 heterocycles. The third-order valence-electron chi connectivity index (χ3n) is 4.80. The smallest absolute Gasteiger partial charge is 0.260 e. The summed E-state index contributed by atoms with van der Waals surface area (Å²) in [5, 5.41) is 3.05. The Bertz CT molecular complexity index is 588.